The first-order chi connectivity index (χ1) is 17.1. The van der Waals surface area contributed by atoms with Crippen molar-refractivity contribution in [1.29, 1.82) is 5.26 Å². The van der Waals surface area contributed by atoms with Crippen LogP contribution in [0, 0.1) is 29.1 Å². The monoisotopic (exact) mass is 498 g/mol. The minimum Gasteiger partial charge on any atom is -0.372 e. The summed E-state index contributed by atoms with van der Waals surface area (Å²) < 4.78 is 40.2. The number of carbonyl (C=O) groups is 2. The molecule has 0 radical (unpaired) electrons. The molecule has 190 valence electrons. The number of hydrogen-bond donors (Lipinski definition) is 1. The topological polar surface area (TPSA) is 90.4 Å². The van der Waals surface area contributed by atoms with Gasteiger partial charge in [-0.25, -0.2) is 0 Å². The summed E-state index contributed by atoms with van der Waals surface area (Å²) in [6.07, 6.45) is -2.39. The van der Waals surface area contributed by atoms with Gasteiger partial charge in [0, 0.05) is 37.4 Å². The number of nitriles is 1. The molecular formula is C27H29F3N4O2. The maximum absolute atomic E-state index is 13.4. The Labute approximate surface area is 208 Å². The number of alkyl halides is 3. The third kappa shape index (κ3) is 5.18. The molecule has 0 aliphatic carbocycles. The fraction of sp³-hybridized carbons (Fsp3) is 0.444. The molecule has 2 aromatic rings. The van der Waals surface area contributed by atoms with E-state index in [9.17, 15) is 22.8 Å². The van der Waals surface area contributed by atoms with Crippen molar-refractivity contribution >= 4 is 17.5 Å². The second-order valence-corrected chi connectivity index (χ2v) is 9.60. The first-order valence-corrected chi connectivity index (χ1v) is 12.2. The highest BCUT2D eigenvalue weighted by molar-refractivity contribution is 5.95. The number of benzene rings is 2. The molecule has 0 bridgehead atoms. The number of nitrogens with two attached hydrogens (primary N) is 1. The van der Waals surface area contributed by atoms with Gasteiger partial charge in [-0.3, -0.25) is 9.59 Å². The van der Waals surface area contributed by atoms with E-state index < -0.39 is 29.1 Å². The van der Waals surface area contributed by atoms with Crippen molar-refractivity contribution < 1.29 is 22.8 Å². The molecule has 36 heavy (non-hydrogen) atoms. The van der Waals surface area contributed by atoms with Gasteiger partial charge >= 0.3 is 6.18 Å². The summed E-state index contributed by atoms with van der Waals surface area (Å²) in [6.45, 7) is 3.78. The number of hydrogen-bond acceptors (Lipinski definition) is 4. The summed E-state index contributed by atoms with van der Waals surface area (Å²) in [7, 11) is 0. The molecule has 2 aliphatic rings. The Morgan fingerprint density at radius 2 is 1.75 bits per heavy atom. The molecule has 4 rings (SSSR count). The maximum atomic E-state index is 13.4. The zero-order chi connectivity index (χ0) is 26.0. The lowest BCUT2D eigenvalue weighted by Crippen LogP contribution is -2.40. The van der Waals surface area contributed by atoms with Crippen LogP contribution in [0.3, 0.4) is 0 Å². The molecule has 2 amide bonds. The van der Waals surface area contributed by atoms with Crippen LogP contribution in [-0.4, -0.2) is 42.9 Å². The van der Waals surface area contributed by atoms with E-state index in [1.54, 1.807) is 29.2 Å². The average molecular weight is 499 g/mol. The van der Waals surface area contributed by atoms with E-state index in [1.807, 2.05) is 24.0 Å². The summed E-state index contributed by atoms with van der Waals surface area (Å²) >= 11 is 0. The molecule has 0 aromatic heterocycles. The quantitative estimate of drug-likeness (QED) is 0.668. The Balaban J connectivity index is 1.45. The van der Waals surface area contributed by atoms with Crippen LogP contribution in [0.1, 0.15) is 46.8 Å². The summed E-state index contributed by atoms with van der Waals surface area (Å²) in [6, 6.07) is 12.9. The van der Waals surface area contributed by atoms with E-state index in [4.69, 9.17) is 11.0 Å². The van der Waals surface area contributed by atoms with E-state index in [0.717, 1.165) is 18.1 Å². The minimum atomic E-state index is -4.61. The van der Waals surface area contributed by atoms with Crippen LogP contribution in [0.4, 0.5) is 18.9 Å². The summed E-state index contributed by atoms with van der Waals surface area (Å²) in [5, 5.41) is 9.04. The second-order valence-electron chi connectivity index (χ2n) is 9.60. The summed E-state index contributed by atoms with van der Waals surface area (Å²) in [5.74, 6) is -0.969. The van der Waals surface area contributed by atoms with Crippen LogP contribution in [0.5, 0.6) is 0 Å². The number of aryl methyl sites for hydroxylation is 1. The van der Waals surface area contributed by atoms with Crippen molar-refractivity contribution in [3.05, 3.63) is 64.7 Å². The third-order valence-corrected chi connectivity index (χ3v) is 7.57. The zero-order valence-corrected chi connectivity index (χ0v) is 20.1. The molecule has 2 atom stereocenters. The van der Waals surface area contributed by atoms with Crippen molar-refractivity contribution in [2.24, 2.45) is 23.5 Å². The lowest BCUT2D eigenvalue weighted by atomic mass is 9.78. The number of likely N-dealkylation sites (tertiary alicyclic amines) is 1. The predicted octanol–water partition coefficient (Wildman–Crippen LogP) is 4.23. The van der Waals surface area contributed by atoms with Crippen LogP contribution in [0.15, 0.2) is 42.5 Å². The van der Waals surface area contributed by atoms with Gasteiger partial charge in [-0.1, -0.05) is 19.1 Å². The predicted molar refractivity (Wildman–Crippen MR) is 129 cm³/mol. The number of nitrogens with zero attached hydrogens (tertiary/aromatic N) is 3. The van der Waals surface area contributed by atoms with E-state index in [-0.39, 0.29) is 24.3 Å². The highest BCUT2D eigenvalue weighted by Gasteiger charge is 2.43. The smallest absolute Gasteiger partial charge is 0.372 e. The van der Waals surface area contributed by atoms with Gasteiger partial charge in [0.1, 0.15) is 0 Å². The normalized spacial score (nSPS) is 20.9. The highest BCUT2D eigenvalue weighted by atomic mass is 19.4. The van der Waals surface area contributed by atoms with Gasteiger partial charge < -0.3 is 15.5 Å². The fourth-order valence-electron chi connectivity index (χ4n) is 5.49. The van der Waals surface area contributed by atoms with E-state index in [2.05, 4.69) is 0 Å². The Bertz CT molecular complexity index is 1170. The van der Waals surface area contributed by atoms with Gasteiger partial charge in [0.25, 0.3) is 5.91 Å². The van der Waals surface area contributed by atoms with E-state index in [1.165, 1.54) is 6.07 Å². The SMILES string of the molecule is CCc1ccc(C(=O)N2C[C@@H](C(N)=O)[C@H](C3CCN(c4ccc(C#N)c(C(F)(F)F)c4)CC3)C2)cc1. The average Bonchev–Trinajstić information content (AvgIpc) is 3.33. The first-order valence-electron chi connectivity index (χ1n) is 12.2. The van der Waals surface area contributed by atoms with Crippen LogP contribution in [-0.2, 0) is 17.4 Å². The molecule has 0 saturated carbocycles. The van der Waals surface area contributed by atoms with Crippen molar-refractivity contribution in [2.45, 2.75) is 32.4 Å². The second kappa shape index (κ2) is 10.2. The van der Waals surface area contributed by atoms with Gasteiger partial charge in [0.2, 0.25) is 5.91 Å². The fourth-order valence-corrected chi connectivity index (χ4v) is 5.49. The van der Waals surface area contributed by atoms with Crippen molar-refractivity contribution in [1.82, 2.24) is 4.90 Å². The number of halogens is 3. The number of rotatable bonds is 5. The largest absolute Gasteiger partial charge is 0.417 e. The van der Waals surface area contributed by atoms with E-state index >= 15 is 0 Å². The van der Waals surface area contributed by atoms with Crippen LogP contribution >= 0.6 is 0 Å². The van der Waals surface area contributed by atoms with Crippen molar-refractivity contribution in [3.63, 3.8) is 0 Å². The zero-order valence-electron chi connectivity index (χ0n) is 20.1. The molecule has 0 spiro atoms. The van der Waals surface area contributed by atoms with Gasteiger partial charge in [0.05, 0.1) is 23.1 Å². The molecule has 2 heterocycles. The summed E-state index contributed by atoms with van der Waals surface area (Å²) in [5.41, 5.74) is 6.52. The standard InChI is InChI=1S/C27H29F3N4O2/c1-2-17-3-5-19(6-4-17)26(36)34-15-22(23(16-34)25(32)35)18-9-11-33(12-10-18)21-8-7-20(14-31)24(13-21)27(28,29)30/h3-8,13,18,22-23H,2,9-12,15-16H2,1H3,(H2,32,35)/t22-,23+/m0/s1. The van der Waals surface area contributed by atoms with E-state index in [0.29, 0.717) is 43.7 Å². The molecular weight excluding hydrogens is 469 g/mol. The molecule has 2 aromatic carbocycles. The maximum Gasteiger partial charge on any atom is 0.417 e. The minimum absolute atomic E-state index is 0.0878. The lowest BCUT2D eigenvalue weighted by Gasteiger charge is -2.37. The van der Waals surface area contributed by atoms with Crippen LogP contribution in [0.25, 0.3) is 0 Å². The van der Waals surface area contributed by atoms with Crippen LogP contribution in [0.2, 0.25) is 0 Å². The van der Waals surface area contributed by atoms with Crippen molar-refractivity contribution in [2.75, 3.05) is 31.1 Å². The first kappa shape index (κ1) is 25.5. The molecule has 2 aliphatic heterocycles. The molecule has 2 N–H and O–H groups in total. The number of carbonyl (C=O) groups excluding carboxylic acids is 2. The number of anilines is 1. The lowest BCUT2D eigenvalue weighted by molar-refractivity contribution is -0.137. The number of amides is 2. The molecule has 9 heteroatoms. The van der Waals surface area contributed by atoms with Crippen molar-refractivity contribution in [3.8, 4) is 6.07 Å². The Morgan fingerprint density at radius 1 is 1.08 bits per heavy atom. The molecule has 6 nitrogen and oxygen atoms in total. The number of piperidine rings is 1. The van der Waals surface area contributed by atoms with Crippen LogP contribution < -0.4 is 10.6 Å². The number of primary amides is 1. The molecule has 0 unspecified atom stereocenters. The molecule has 2 saturated heterocycles. The molecule has 2 fully saturated rings. The Hall–Kier alpha value is -3.54. The van der Waals surface area contributed by atoms with Gasteiger partial charge in [-0.05, 0) is 67.0 Å². The third-order valence-electron chi connectivity index (χ3n) is 7.57. The Morgan fingerprint density at radius 3 is 2.31 bits per heavy atom. The van der Waals surface area contributed by atoms with Gasteiger partial charge in [-0.2, -0.15) is 18.4 Å². The Kier molecular flexibility index (Phi) is 7.25. The highest BCUT2D eigenvalue weighted by Crippen LogP contribution is 2.39. The summed E-state index contributed by atoms with van der Waals surface area (Å²) in [4.78, 5) is 28.9. The van der Waals surface area contributed by atoms with Gasteiger partial charge in [0.15, 0.2) is 0 Å². The van der Waals surface area contributed by atoms with Gasteiger partial charge in [-0.15, -0.1) is 0 Å².